The predicted molar refractivity (Wildman–Crippen MR) is 90.5 cm³/mol. The van der Waals surface area contributed by atoms with Crippen molar-refractivity contribution in [3.63, 3.8) is 0 Å². The fraction of sp³-hybridized carbons (Fsp3) is 0.714. The molecular weight excluding hydrogens is 327 g/mol. The Morgan fingerprint density at radius 2 is 2.14 bits per heavy atom. The van der Waals surface area contributed by atoms with Crippen LogP contribution >= 0.6 is 24.8 Å². The Hall–Kier alpha value is -0.820. The van der Waals surface area contributed by atoms with Crippen LogP contribution in [-0.2, 0) is 11.3 Å². The van der Waals surface area contributed by atoms with Crippen molar-refractivity contribution < 1.29 is 9.90 Å². The molecule has 1 heterocycles. The Morgan fingerprint density at radius 3 is 2.68 bits per heavy atom. The monoisotopic (exact) mass is 352 g/mol. The van der Waals surface area contributed by atoms with Gasteiger partial charge in [0.25, 0.3) is 0 Å². The number of hydrogen-bond donors (Lipinski definition) is 3. The molecule has 0 aromatic carbocycles. The van der Waals surface area contributed by atoms with Gasteiger partial charge in [0.15, 0.2) is 0 Å². The van der Waals surface area contributed by atoms with Crippen LogP contribution < -0.4 is 11.1 Å². The van der Waals surface area contributed by atoms with Crippen molar-refractivity contribution in [2.45, 2.75) is 51.8 Å². The summed E-state index contributed by atoms with van der Waals surface area (Å²) >= 11 is 0. The summed E-state index contributed by atoms with van der Waals surface area (Å²) in [5.74, 6) is -0.0270. The topological polar surface area (TPSA) is 93.2 Å². The van der Waals surface area contributed by atoms with E-state index in [0.29, 0.717) is 25.8 Å². The van der Waals surface area contributed by atoms with Crippen molar-refractivity contribution in [1.82, 2.24) is 14.9 Å². The van der Waals surface area contributed by atoms with Crippen molar-refractivity contribution in [3.8, 4) is 0 Å². The van der Waals surface area contributed by atoms with E-state index in [1.807, 2.05) is 18.4 Å². The minimum absolute atomic E-state index is 0. The molecule has 0 unspecified atom stereocenters. The number of nitrogens with zero attached hydrogens (tertiary/aromatic N) is 2. The largest absolute Gasteiger partial charge is 0.392 e. The molecule has 0 radical (unpaired) electrons. The number of carbonyl (C=O) groups is 1. The van der Waals surface area contributed by atoms with Crippen LogP contribution in [0.3, 0.4) is 0 Å². The Bertz CT molecular complexity index is 481. The lowest BCUT2D eigenvalue weighted by Gasteiger charge is -2.30. The van der Waals surface area contributed by atoms with Gasteiger partial charge in [-0.25, -0.2) is 4.98 Å². The molecule has 0 spiro atoms. The Morgan fingerprint density at radius 1 is 1.45 bits per heavy atom. The van der Waals surface area contributed by atoms with Gasteiger partial charge in [0.05, 0.1) is 18.1 Å². The summed E-state index contributed by atoms with van der Waals surface area (Å²) in [6, 6.07) is -0.280. The number of carbonyl (C=O) groups excluding carboxylic acids is 1. The molecule has 1 aromatic heterocycles. The number of nitrogens with one attached hydrogen (secondary N) is 1. The zero-order chi connectivity index (χ0) is 14.7. The van der Waals surface area contributed by atoms with Gasteiger partial charge in [0.1, 0.15) is 0 Å². The second-order valence-corrected chi connectivity index (χ2v) is 5.64. The first kappa shape index (κ1) is 21.2. The Kier molecular flexibility index (Phi) is 9.00. The van der Waals surface area contributed by atoms with Crippen LogP contribution in [0.1, 0.15) is 30.7 Å². The van der Waals surface area contributed by atoms with Gasteiger partial charge in [0.2, 0.25) is 5.91 Å². The van der Waals surface area contributed by atoms with E-state index in [4.69, 9.17) is 5.73 Å². The highest BCUT2D eigenvalue weighted by molar-refractivity contribution is 5.85. The van der Waals surface area contributed by atoms with Gasteiger partial charge in [-0.2, -0.15) is 0 Å². The standard InChI is InChI=1S/C14H24N4O2.2ClH/c1-9-10(2)18(8-17-9)6-5-16-14(20)11-3-4-13(19)12(15)7-11;;/h8,11-13,19H,3-7,15H2,1-2H3,(H,16,20);2*1H/t11-,12+,13+;;/m0../s1. The molecule has 1 aliphatic rings. The first-order chi connectivity index (χ1) is 9.49. The molecule has 2 rings (SSSR count). The first-order valence-electron chi connectivity index (χ1n) is 7.18. The van der Waals surface area contributed by atoms with Crippen molar-refractivity contribution in [2.24, 2.45) is 11.7 Å². The van der Waals surface area contributed by atoms with Gasteiger partial charge in [-0.3, -0.25) is 4.79 Å². The van der Waals surface area contributed by atoms with Crippen LogP contribution in [-0.4, -0.2) is 39.3 Å². The number of rotatable bonds is 4. The number of amides is 1. The first-order valence-corrected chi connectivity index (χ1v) is 7.18. The molecule has 0 saturated heterocycles. The number of aliphatic hydroxyl groups is 1. The van der Waals surface area contributed by atoms with Crippen LogP contribution in [0.25, 0.3) is 0 Å². The molecule has 22 heavy (non-hydrogen) atoms. The molecule has 1 amide bonds. The minimum Gasteiger partial charge on any atom is -0.392 e. The zero-order valence-corrected chi connectivity index (χ0v) is 14.6. The second kappa shape index (κ2) is 9.35. The molecule has 6 nitrogen and oxygen atoms in total. The molecule has 1 aliphatic carbocycles. The van der Waals surface area contributed by atoms with E-state index in [-0.39, 0.29) is 42.7 Å². The number of aryl methyl sites for hydroxylation is 1. The van der Waals surface area contributed by atoms with Gasteiger partial charge in [-0.05, 0) is 33.1 Å². The van der Waals surface area contributed by atoms with Crippen LogP contribution in [0.2, 0.25) is 0 Å². The van der Waals surface area contributed by atoms with E-state index >= 15 is 0 Å². The lowest BCUT2D eigenvalue weighted by atomic mass is 9.84. The Labute approximate surface area is 143 Å². The highest BCUT2D eigenvalue weighted by Crippen LogP contribution is 2.23. The maximum absolute atomic E-state index is 12.1. The van der Waals surface area contributed by atoms with Crippen molar-refractivity contribution in [3.05, 3.63) is 17.7 Å². The molecule has 0 bridgehead atoms. The summed E-state index contributed by atoms with van der Waals surface area (Å²) in [6.45, 7) is 5.30. The van der Waals surface area contributed by atoms with Gasteiger partial charge in [-0.1, -0.05) is 0 Å². The molecule has 4 N–H and O–H groups in total. The molecule has 3 atom stereocenters. The summed E-state index contributed by atoms with van der Waals surface area (Å²) < 4.78 is 2.03. The molecule has 1 aromatic rings. The van der Waals surface area contributed by atoms with E-state index in [9.17, 15) is 9.90 Å². The maximum atomic E-state index is 12.1. The lowest BCUT2D eigenvalue weighted by molar-refractivity contribution is -0.126. The third-order valence-corrected chi connectivity index (χ3v) is 4.23. The summed E-state index contributed by atoms with van der Waals surface area (Å²) in [4.78, 5) is 16.3. The smallest absolute Gasteiger partial charge is 0.223 e. The van der Waals surface area contributed by atoms with Crippen molar-refractivity contribution >= 4 is 30.7 Å². The van der Waals surface area contributed by atoms with Gasteiger partial charge in [-0.15, -0.1) is 24.8 Å². The van der Waals surface area contributed by atoms with Gasteiger partial charge < -0.3 is 20.7 Å². The third-order valence-electron chi connectivity index (χ3n) is 4.23. The molecule has 0 aliphatic heterocycles. The molecular formula is C14H26Cl2N4O2. The van der Waals surface area contributed by atoms with E-state index in [2.05, 4.69) is 10.3 Å². The molecule has 8 heteroatoms. The number of halogens is 2. The highest BCUT2D eigenvalue weighted by Gasteiger charge is 2.30. The maximum Gasteiger partial charge on any atom is 0.223 e. The fourth-order valence-electron chi connectivity index (χ4n) is 2.64. The number of aromatic nitrogens is 2. The third kappa shape index (κ3) is 5.12. The fourth-order valence-corrected chi connectivity index (χ4v) is 2.64. The highest BCUT2D eigenvalue weighted by atomic mass is 35.5. The second-order valence-electron chi connectivity index (χ2n) is 5.64. The molecule has 1 saturated carbocycles. The number of hydrogen-bond acceptors (Lipinski definition) is 4. The van der Waals surface area contributed by atoms with Crippen molar-refractivity contribution in [1.29, 1.82) is 0 Å². The minimum atomic E-state index is -0.462. The van der Waals surface area contributed by atoms with E-state index in [0.717, 1.165) is 17.9 Å². The SMILES string of the molecule is Cc1ncn(CCNC(=O)[C@H]2CC[C@@H](O)[C@H](N)C2)c1C.Cl.Cl. The van der Waals surface area contributed by atoms with Crippen molar-refractivity contribution in [2.75, 3.05) is 6.54 Å². The van der Waals surface area contributed by atoms with Crippen LogP contribution in [0.5, 0.6) is 0 Å². The average Bonchev–Trinajstić information content (AvgIpc) is 2.73. The van der Waals surface area contributed by atoms with Crippen LogP contribution in [0.15, 0.2) is 6.33 Å². The number of aliphatic hydroxyl groups excluding tert-OH is 1. The molecule has 1 fully saturated rings. The Balaban J connectivity index is 0.00000220. The molecule has 128 valence electrons. The van der Waals surface area contributed by atoms with Crippen LogP contribution in [0, 0.1) is 19.8 Å². The predicted octanol–water partition coefficient (Wildman–Crippen LogP) is 0.948. The summed E-state index contributed by atoms with van der Waals surface area (Å²) in [5, 5.41) is 12.5. The number of imidazole rings is 1. The summed E-state index contributed by atoms with van der Waals surface area (Å²) in [7, 11) is 0. The average molecular weight is 353 g/mol. The van der Waals surface area contributed by atoms with Gasteiger partial charge >= 0.3 is 0 Å². The zero-order valence-electron chi connectivity index (χ0n) is 13.0. The van der Waals surface area contributed by atoms with E-state index < -0.39 is 6.10 Å². The van der Waals surface area contributed by atoms with Crippen LogP contribution in [0.4, 0.5) is 0 Å². The lowest BCUT2D eigenvalue weighted by Crippen LogP contribution is -2.45. The van der Waals surface area contributed by atoms with E-state index in [1.54, 1.807) is 6.33 Å². The summed E-state index contributed by atoms with van der Waals surface area (Å²) in [5.41, 5.74) is 7.95. The quantitative estimate of drug-likeness (QED) is 0.751. The van der Waals surface area contributed by atoms with Gasteiger partial charge in [0, 0.05) is 30.7 Å². The summed E-state index contributed by atoms with van der Waals surface area (Å²) in [6.07, 6.45) is 3.22. The number of nitrogens with two attached hydrogens (primary N) is 1. The van der Waals surface area contributed by atoms with E-state index in [1.165, 1.54) is 0 Å². The normalized spacial score (nSPS) is 24.1.